The number of benzene rings is 2. The molecule has 0 saturated heterocycles. The molecule has 0 fully saturated rings. The molecule has 0 unspecified atom stereocenters. The zero-order valence-electron chi connectivity index (χ0n) is 18.1. The maximum atomic E-state index is 12.8. The van der Waals surface area contributed by atoms with Gasteiger partial charge in [0.05, 0.1) is 18.5 Å². The van der Waals surface area contributed by atoms with Gasteiger partial charge < -0.3 is 9.42 Å². The van der Waals surface area contributed by atoms with Crippen molar-refractivity contribution in [3.63, 3.8) is 0 Å². The standard InChI is InChI=1S/C22H26N4O4S/c1-5-17-10-6-7-12-19(17)26(31(4,28)29)15-21(27)25(3)14-20-23-22(24-30-20)18-11-8-9-16(2)13-18/h6-13H,5,14-15H2,1-4H3. The summed E-state index contributed by atoms with van der Waals surface area (Å²) in [4.78, 5) is 18.6. The van der Waals surface area contributed by atoms with Crippen molar-refractivity contribution in [1.82, 2.24) is 15.0 Å². The first-order valence-corrected chi connectivity index (χ1v) is 11.7. The highest BCUT2D eigenvalue weighted by Gasteiger charge is 2.25. The van der Waals surface area contributed by atoms with E-state index in [0.29, 0.717) is 17.9 Å². The molecule has 9 heteroatoms. The molecular weight excluding hydrogens is 416 g/mol. The summed E-state index contributed by atoms with van der Waals surface area (Å²) in [5, 5.41) is 3.98. The van der Waals surface area contributed by atoms with Gasteiger partial charge in [0, 0.05) is 12.6 Å². The largest absolute Gasteiger partial charge is 0.337 e. The highest BCUT2D eigenvalue weighted by Crippen LogP contribution is 2.23. The molecule has 8 nitrogen and oxygen atoms in total. The van der Waals surface area contributed by atoms with E-state index in [1.165, 1.54) is 4.90 Å². The van der Waals surface area contributed by atoms with Crippen molar-refractivity contribution >= 4 is 21.6 Å². The van der Waals surface area contributed by atoms with E-state index in [9.17, 15) is 13.2 Å². The number of aromatic nitrogens is 2. The van der Waals surface area contributed by atoms with Gasteiger partial charge in [-0.05, 0) is 31.0 Å². The Morgan fingerprint density at radius 3 is 2.55 bits per heavy atom. The Balaban J connectivity index is 1.75. The second-order valence-corrected chi connectivity index (χ2v) is 9.29. The number of anilines is 1. The van der Waals surface area contributed by atoms with Crippen LogP contribution in [0.5, 0.6) is 0 Å². The summed E-state index contributed by atoms with van der Waals surface area (Å²) in [6.45, 7) is 3.67. The van der Waals surface area contributed by atoms with Gasteiger partial charge in [0.25, 0.3) is 0 Å². The van der Waals surface area contributed by atoms with Crippen molar-refractivity contribution in [1.29, 1.82) is 0 Å². The normalized spacial score (nSPS) is 11.4. The number of likely N-dealkylation sites (N-methyl/N-ethyl adjacent to an activating group) is 1. The molecule has 0 aliphatic rings. The molecule has 0 N–H and O–H groups in total. The molecule has 31 heavy (non-hydrogen) atoms. The third-order valence-corrected chi connectivity index (χ3v) is 5.99. The number of hydrogen-bond donors (Lipinski definition) is 0. The average Bonchev–Trinajstić information content (AvgIpc) is 3.19. The SMILES string of the molecule is CCc1ccccc1N(CC(=O)N(C)Cc1nc(-c2cccc(C)c2)no1)S(C)(=O)=O. The van der Waals surface area contributed by atoms with E-state index in [4.69, 9.17) is 4.52 Å². The molecule has 1 amide bonds. The second-order valence-electron chi connectivity index (χ2n) is 7.38. The molecule has 0 spiro atoms. The molecule has 3 aromatic rings. The molecule has 2 aromatic carbocycles. The molecule has 3 rings (SSSR count). The zero-order valence-corrected chi connectivity index (χ0v) is 18.9. The summed E-state index contributed by atoms with van der Waals surface area (Å²) in [6.07, 6.45) is 1.74. The molecular formula is C22H26N4O4S. The highest BCUT2D eigenvalue weighted by atomic mass is 32.2. The Hall–Kier alpha value is -3.20. The van der Waals surface area contributed by atoms with Crippen molar-refractivity contribution in [3.8, 4) is 11.4 Å². The molecule has 0 radical (unpaired) electrons. The van der Waals surface area contributed by atoms with Crippen LogP contribution in [0.25, 0.3) is 11.4 Å². The Labute approximate surface area is 182 Å². The Kier molecular flexibility index (Phi) is 6.74. The van der Waals surface area contributed by atoms with Crippen LogP contribution in [0.4, 0.5) is 5.69 Å². The lowest BCUT2D eigenvalue weighted by Gasteiger charge is -2.26. The van der Waals surface area contributed by atoms with Crippen LogP contribution in [-0.2, 0) is 27.8 Å². The van der Waals surface area contributed by atoms with E-state index in [0.717, 1.165) is 27.3 Å². The molecule has 1 aromatic heterocycles. The monoisotopic (exact) mass is 442 g/mol. The smallest absolute Gasteiger partial charge is 0.246 e. The zero-order chi connectivity index (χ0) is 22.6. The minimum atomic E-state index is -3.65. The lowest BCUT2D eigenvalue weighted by Crippen LogP contribution is -2.41. The van der Waals surface area contributed by atoms with Gasteiger partial charge in [-0.25, -0.2) is 8.42 Å². The topological polar surface area (TPSA) is 96.6 Å². The van der Waals surface area contributed by atoms with Crippen molar-refractivity contribution < 1.29 is 17.7 Å². The molecule has 0 aliphatic carbocycles. The van der Waals surface area contributed by atoms with Crippen LogP contribution >= 0.6 is 0 Å². The summed E-state index contributed by atoms with van der Waals surface area (Å²) < 4.78 is 31.3. The van der Waals surface area contributed by atoms with Crippen LogP contribution in [0.15, 0.2) is 53.1 Å². The van der Waals surface area contributed by atoms with Crippen molar-refractivity contribution in [2.24, 2.45) is 0 Å². The van der Waals surface area contributed by atoms with E-state index < -0.39 is 10.0 Å². The first-order valence-electron chi connectivity index (χ1n) is 9.88. The van der Waals surface area contributed by atoms with Crippen LogP contribution in [0.3, 0.4) is 0 Å². The average molecular weight is 443 g/mol. The van der Waals surface area contributed by atoms with Gasteiger partial charge in [-0.15, -0.1) is 0 Å². The van der Waals surface area contributed by atoms with Gasteiger partial charge in [0.1, 0.15) is 6.54 Å². The van der Waals surface area contributed by atoms with E-state index >= 15 is 0 Å². The number of aryl methyl sites for hydroxylation is 2. The number of amides is 1. The Morgan fingerprint density at radius 2 is 1.87 bits per heavy atom. The molecule has 0 saturated carbocycles. The minimum absolute atomic E-state index is 0.0741. The minimum Gasteiger partial charge on any atom is -0.337 e. The lowest BCUT2D eigenvalue weighted by molar-refractivity contribution is -0.129. The van der Waals surface area contributed by atoms with Gasteiger partial charge in [0.15, 0.2) is 0 Å². The van der Waals surface area contributed by atoms with Crippen LogP contribution in [0.2, 0.25) is 0 Å². The van der Waals surface area contributed by atoms with E-state index in [1.807, 2.05) is 50.2 Å². The predicted molar refractivity (Wildman–Crippen MR) is 119 cm³/mol. The summed E-state index contributed by atoms with van der Waals surface area (Å²) in [6, 6.07) is 14.9. The van der Waals surface area contributed by atoms with Gasteiger partial charge >= 0.3 is 0 Å². The quantitative estimate of drug-likeness (QED) is 0.532. The maximum absolute atomic E-state index is 12.8. The van der Waals surface area contributed by atoms with Crippen molar-refractivity contribution in [3.05, 3.63) is 65.5 Å². The Morgan fingerprint density at radius 1 is 1.13 bits per heavy atom. The summed E-state index contributed by atoms with van der Waals surface area (Å²) in [5.41, 5.74) is 3.25. The Bertz CT molecular complexity index is 1170. The highest BCUT2D eigenvalue weighted by molar-refractivity contribution is 7.92. The van der Waals surface area contributed by atoms with Crippen molar-refractivity contribution in [2.75, 3.05) is 24.2 Å². The van der Waals surface area contributed by atoms with Crippen LogP contribution in [0, 0.1) is 6.92 Å². The number of rotatable bonds is 8. The molecule has 164 valence electrons. The summed E-state index contributed by atoms with van der Waals surface area (Å²) in [5.74, 6) is 0.327. The molecule has 0 aliphatic heterocycles. The van der Waals surface area contributed by atoms with Crippen LogP contribution in [0.1, 0.15) is 23.9 Å². The maximum Gasteiger partial charge on any atom is 0.246 e. The van der Waals surface area contributed by atoms with Gasteiger partial charge in [-0.3, -0.25) is 9.10 Å². The van der Waals surface area contributed by atoms with E-state index in [-0.39, 0.29) is 24.9 Å². The first kappa shape index (κ1) is 22.5. The number of para-hydroxylation sites is 1. The lowest BCUT2D eigenvalue weighted by atomic mass is 10.1. The second kappa shape index (κ2) is 9.30. The summed E-state index contributed by atoms with van der Waals surface area (Å²) in [7, 11) is -2.08. The van der Waals surface area contributed by atoms with Crippen molar-refractivity contribution in [2.45, 2.75) is 26.8 Å². The number of hydrogen-bond acceptors (Lipinski definition) is 6. The fraction of sp³-hybridized carbons (Fsp3) is 0.318. The molecule has 0 atom stereocenters. The van der Waals surface area contributed by atoms with E-state index in [2.05, 4.69) is 10.1 Å². The summed E-state index contributed by atoms with van der Waals surface area (Å²) >= 11 is 0. The third kappa shape index (κ3) is 5.49. The first-order chi connectivity index (χ1) is 14.7. The van der Waals surface area contributed by atoms with E-state index in [1.54, 1.807) is 19.2 Å². The molecule has 1 heterocycles. The third-order valence-electron chi connectivity index (χ3n) is 4.86. The number of nitrogens with zero attached hydrogens (tertiary/aromatic N) is 4. The van der Waals surface area contributed by atoms with Gasteiger partial charge in [-0.2, -0.15) is 4.98 Å². The number of carbonyl (C=O) groups excluding carboxylic acids is 1. The molecule has 0 bridgehead atoms. The van der Waals surface area contributed by atoms with Crippen LogP contribution < -0.4 is 4.31 Å². The number of sulfonamides is 1. The fourth-order valence-corrected chi connectivity index (χ4v) is 4.07. The van der Waals surface area contributed by atoms with Gasteiger partial charge in [-0.1, -0.05) is 54.0 Å². The number of carbonyl (C=O) groups is 1. The van der Waals surface area contributed by atoms with Crippen LogP contribution in [-0.4, -0.2) is 49.2 Å². The van der Waals surface area contributed by atoms with Gasteiger partial charge in [0.2, 0.25) is 27.6 Å². The fourth-order valence-electron chi connectivity index (χ4n) is 3.19. The predicted octanol–water partition coefficient (Wildman–Crippen LogP) is 3.03.